The highest BCUT2D eigenvalue weighted by molar-refractivity contribution is 7.14. The molecule has 0 saturated carbocycles. The number of nitrogens with one attached hydrogen (secondary N) is 2. The molecule has 0 spiro atoms. The van der Waals surface area contributed by atoms with Crippen LogP contribution < -0.4 is 5.32 Å². The zero-order chi connectivity index (χ0) is 24.0. The first-order valence-electron chi connectivity index (χ1n) is 11.7. The zero-order valence-corrected chi connectivity index (χ0v) is 20.3. The molecule has 7 nitrogen and oxygen atoms in total. The molecule has 3 aromatic rings. The summed E-state index contributed by atoms with van der Waals surface area (Å²) < 4.78 is 0. The number of carbonyl (C=O) groups is 3. The monoisotopic (exact) mass is 476 g/mol. The van der Waals surface area contributed by atoms with Crippen molar-refractivity contribution in [2.75, 3.05) is 5.32 Å². The smallest absolute Gasteiger partial charge is 0.249 e. The van der Waals surface area contributed by atoms with Gasteiger partial charge in [0.1, 0.15) is 6.04 Å². The molecule has 0 radical (unpaired) electrons. The maximum absolute atomic E-state index is 13.4. The number of nitrogens with zero attached hydrogens (tertiary/aromatic N) is 2. The molecule has 5 rings (SSSR count). The van der Waals surface area contributed by atoms with Crippen LogP contribution in [-0.2, 0) is 14.4 Å². The third-order valence-electron chi connectivity index (χ3n) is 6.73. The molecule has 3 unspecified atom stereocenters. The van der Waals surface area contributed by atoms with Gasteiger partial charge in [-0.05, 0) is 38.2 Å². The molecule has 2 aliphatic rings. The topological polar surface area (TPSA) is 95.2 Å². The van der Waals surface area contributed by atoms with Crippen LogP contribution in [0.3, 0.4) is 0 Å². The molecule has 3 atom stereocenters. The Labute approximate surface area is 202 Å². The summed E-state index contributed by atoms with van der Waals surface area (Å²) in [6.45, 7) is 5.98. The first kappa shape index (κ1) is 22.5. The summed E-state index contributed by atoms with van der Waals surface area (Å²) in [5.74, 6) is -1.38. The maximum atomic E-state index is 13.4. The van der Waals surface area contributed by atoms with Gasteiger partial charge in [-0.15, -0.1) is 11.3 Å². The zero-order valence-electron chi connectivity index (χ0n) is 19.5. The number of benzene rings is 1. The molecule has 8 heteroatoms. The lowest BCUT2D eigenvalue weighted by Crippen LogP contribution is -2.48. The van der Waals surface area contributed by atoms with E-state index in [0.29, 0.717) is 24.4 Å². The number of fused-ring (bicyclic) bond motifs is 2. The second-order valence-corrected chi connectivity index (χ2v) is 10.4. The Balaban J connectivity index is 1.40. The Morgan fingerprint density at radius 2 is 1.85 bits per heavy atom. The molecule has 176 valence electrons. The van der Waals surface area contributed by atoms with E-state index in [4.69, 9.17) is 0 Å². The van der Waals surface area contributed by atoms with Gasteiger partial charge in [0, 0.05) is 27.5 Å². The lowest BCUT2D eigenvalue weighted by Gasteiger charge is -2.27. The van der Waals surface area contributed by atoms with Crippen molar-refractivity contribution in [3.05, 3.63) is 47.5 Å². The fourth-order valence-corrected chi connectivity index (χ4v) is 5.86. The average molecular weight is 477 g/mol. The lowest BCUT2D eigenvalue weighted by atomic mass is 9.85. The number of hydrogen-bond acceptors (Lipinski definition) is 5. The number of thiazole rings is 1. The summed E-state index contributed by atoms with van der Waals surface area (Å²) >= 11 is 1.34. The van der Waals surface area contributed by atoms with E-state index in [-0.39, 0.29) is 35.5 Å². The lowest BCUT2D eigenvalue weighted by molar-refractivity contribution is -0.147. The molecule has 2 aromatic heterocycles. The number of para-hydroxylation sites is 1. The van der Waals surface area contributed by atoms with Gasteiger partial charge in [-0.2, -0.15) is 0 Å². The summed E-state index contributed by atoms with van der Waals surface area (Å²) in [5.41, 5.74) is 3.83. The van der Waals surface area contributed by atoms with Crippen LogP contribution in [0.1, 0.15) is 38.8 Å². The second-order valence-electron chi connectivity index (χ2n) is 9.55. The van der Waals surface area contributed by atoms with Crippen molar-refractivity contribution in [1.82, 2.24) is 14.9 Å². The van der Waals surface area contributed by atoms with Gasteiger partial charge in [0.15, 0.2) is 5.13 Å². The molecule has 34 heavy (non-hydrogen) atoms. The van der Waals surface area contributed by atoms with Crippen molar-refractivity contribution in [2.45, 2.75) is 46.1 Å². The first-order valence-corrected chi connectivity index (χ1v) is 12.6. The summed E-state index contributed by atoms with van der Waals surface area (Å²) in [4.78, 5) is 48.9. The van der Waals surface area contributed by atoms with Gasteiger partial charge in [0.2, 0.25) is 17.7 Å². The van der Waals surface area contributed by atoms with Crippen molar-refractivity contribution in [1.29, 1.82) is 0 Å². The molecule has 2 N–H and O–H groups in total. The number of amides is 3. The van der Waals surface area contributed by atoms with Gasteiger partial charge in [0.05, 0.1) is 17.5 Å². The van der Waals surface area contributed by atoms with Crippen LogP contribution in [0.25, 0.3) is 22.2 Å². The van der Waals surface area contributed by atoms with E-state index < -0.39 is 6.04 Å². The molecule has 3 amide bonds. The summed E-state index contributed by atoms with van der Waals surface area (Å²) in [5, 5.41) is 6.34. The van der Waals surface area contributed by atoms with Crippen LogP contribution in [0.15, 0.2) is 41.8 Å². The highest BCUT2D eigenvalue weighted by Gasteiger charge is 2.51. The van der Waals surface area contributed by atoms with E-state index in [1.54, 1.807) is 0 Å². The molecule has 1 fully saturated rings. The van der Waals surface area contributed by atoms with Crippen molar-refractivity contribution in [2.24, 2.45) is 17.8 Å². The minimum Gasteiger partial charge on any atom is -0.358 e. The number of H-pyrrole nitrogens is 1. The number of likely N-dealkylation sites (tertiary alicyclic amines) is 1. The Bertz CT molecular complexity index is 1280. The number of allylic oxidation sites excluding steroid dienone is 2. The predicted molar refractivity (Wildman–Crippen MR) is 133 cm³/mol. The van der Waals surface area contributed by atoms with Crippen LogP contribution in [0.2, 0.25) is 0 Å². The van der Waals surface area contributed by atoms with Crippen LogP contribution in [0, 0.1) is 24.7 Å². The normalized spacial score (nSPS) is 20.9. The van der Waals surface area contributed by atoms with Gasteiger partial charge in [0.25, 0.3) is 0 Å². The Hall–Kier alpha value is -3.26. The number of carbonyl (C=O) groups excluding carboxylic acids is 3. The number of rotatable bonds is 6. The molecular formula is C26H28N4O3S. The van der Waals surface area contributed by atoms with E-state index in [2.05, 4.69) is 15.3 Å². The van der Waals surface area contributed by atoms with Gasteiger partial charge in [-0.1, -0.05) is 44.2 Å². The third kappa shape index (κ3) is 3.86. The molecule has 0 bridgehead atoms. The van der Waals surface area contributed by atoms with Crippen molar-refractivity contribution in [3.63, 3.8) is 0 Å². The van der Waals surface area contributed by atoms with Crippen molar-refractivity contribution in [3.8, 4) is 11.3 Å². The number of imide groups is 1. The Kier molecular flexibility index (Phi) is 5.85. The maximum Gasteiger partial charge on any atom is 0.249 e. The van der Waals surface area contributed by atoms with Crippen LogP contribution in [0.4, 0.5) is 5.13 Å². The van der Waals surface area contributed by atoms with E-state index in [1.807, 2.05) is 62.6 Å². The standard InChI is InChI=1S/C26H28N4O3S/c1-14(2)12-21(30-24(32)16-8-4-5-9-17(16)25(30)33)23(31)29-26-28-20(13-34-26)22-15(3)27-19-11-7-6-10-18(19)22/h4-7,10-11,13-14,16-17,21,27H,8-9,12H2,1-3H3,(H,28,29,31). The molecule has 1 aliphatic carbocycles. The van der Waals surface area contributed by atoms with Gasteiger partial charge in [-0.3, -0.25) is 19.3 Å². The molecule has 1 saturated heterocycles. The Morgan fingerprint density at radius 3 is 2.53 bits per heavy atom. The second kappa shape index (κ2) is 8.83. The van der Waals surface area contributed by atoms with Gasteiger partial charge < -0.3 is 10.3 Å². The summed E-state index contributed by atoms with van der Waals surface area (Å²) in [7, 11) is 0. The highest BCUT2D eigenvalue weighted by atomic mass is 32.1. The first-order chi connectivity index (χ1) is 16.3. The van der Waals surface area contributed by atoms with Crippen molar-refractivity contribution >= 4 is 45.1 Å². The van der Waals surface area contributed by atoms with Crippen LogP contribution >= 0.6 is 11.3 Å². The molecule has 1 aliphatic heterocycles. The van der Waals surface area contributed by atoms with Crippen LogP contribution in [0.5, 0.6) is 0 Å². The van der Waals surface area contributed by atoms with E-state index >= 15 is 0 Å². The van der Waals surface area contributed by atoms with E-state index in [1.165, 1.54) is 16.2 Å². The SMILES string of the molecule is Cc1[nH]c2ccccc2c1-c1csc(NC(=O)C(CC(C)C)N2C(=O)C3CC=CCC3C2=O)n1. The predicted octanol–water partition coefficient (Wildman–Crippen LogP) is 4.90. The van der Waals surface area contributed by atoms with Gasteiger partial charge in [-0.25, -0.2) is 4.98 Å². The molecule has 3 heterocycles. The number of aryl methyl sites for hydroxylation is 1. The minimum atomic E-state index is -0.840. The fraction of sp³-hybridized carbons (Fsp3) is 0.385. The largest absolute Gasteiger partial charge is 0.358 e. The number of anilines is 1. The number of aromatic amines is 1. The Morgan fingerprint density at radius 1 is 1.18 bits per heavy atom. The highest BCUT2D eigenvalue weighted by Crippen LogP contribution is 2.38. The minimum absolute atomic E-state index is 0.137. The average Bonchev–Trinajstić information content (AvgIpc) is 3.46. The summed E-state index contributed by atoms with van der Waals surface area (Å²) in [6.07, 6.45) is 5.44. The molecular weight excluding hydrogens is 448 g/mol. The van der Waals surface area contributed by atoms with Gasteiger partial charge >= 0.3 is 0 Å². The van der Waals surface area contributed by atoms with E-state index in [9.17, 15) is 14.4 Å². The molecule has 1 aromatic carbocycles. The fourth-order valence-electron chi connectivity index (χ4n) is 5.15. The number of aromatic nitrogens is 2. The quantitative estimate of drug-likeness (QED) is 0.391. The van der Waals surface area contributed by atoms with Crippen LogP contribution in [-0.4, -0.2) is 38.6 Å². The van der Waals surface area contributed by atoms with Crippen molar-refractivity contribution < 1.29 is 14.4 Å². The number of hydrogen-bond donors (Lipinski definition) is 2. The van der Waals surface area contributed by atoms with E-state index in [0.717, 1.165) is 27.9 Å². The third-order valence-corrected chi connectivity index (χ3v) is 7.49. The summed E-state index contributed by atoms with van der Waals surface area (Å²) in [6, 6.07) is 7.20.